The molecule has 0 saturated heterocycles. The number of carbonyl (C=O) groups is 1. The summed E-state index contributed by atoms with van der Waals surface area (Å²) >= 11 is 12.2. The summed E-state index contributed by atoms with van der Waals surface area (Å²) in [5.74, 6) is 0.547. The molecule has 0 amide bonds. The molecule has 1 aromatic heterocycles. The number of nitrogens with zero attached hydrogens (tertiary/aromatic N) is 3. The summed E-state index contributed by atoms with van der Waals surface area (Å²) in [6, 6.07) is 5.30. The molecule has 1 aliphatic carbocycles. The fourth-order valence-electron chi connectivity index (χ4n) is 3.08. The van der Waals surface area contributed by atoms with Crippen LogP contribution in [0.3, 0.4) is 0 Å². The molecule has 128 valence electrons. The lowest BCUT2D eigenvalue weighted by Gasteiger charge is -2.23. The van der Waals surface area contributed by atoms with E-state index in [2.05, 4.69) is 17.0 Å². The molecule has 4 nitrogen and oxygen atoms in total. The van der Waals surface area contributed by atoms with Crippen molar-refractivity contribution in [2.75, 3.05) is 0 Å². The van der Waals surface area contributed by atoms with Crippen LogP contribution in [0, 0.1) is 11.3 Å². The van der Waals surface area contributed by atoms with Crippen LogP contribution < -0.4 is 0 Å². The molecule has 0 aliphatic heterocycles. The highest BCUT2D eigenvalue weighted by Gasteiger charge is 2.48. The number of Topliss-reactive ketones (excluding diaryl/α,β-unsaturated/α-hetero) is 1. The molecule has 1 heterocycles. The van der Waals surface area contributed by atoms with Gasteiger partial charge in [-0.3, -0.25) is 4.79 Å². The maximum atomic E-state index is 12.9. The molecule has 2 aromatic rings. The minimum atomic E-state index is -0.263. The summed E-state index contributed by atoms with van der Waals surface area (Å²) in [5, 5.41) is 5.52. The Balaban J connectivity index is 1.73. The van der Waals surface area contributed by atoms with Gasteiger partial charge in [-0.25, -0.2) is 9.67 Å². The third kappa shape index (κ3) is 3.81. The summed E-state index contributed by atoms with van der Waals surface area (Å²) in [6.07, 6.45) is 6.57. The topological polar surface area (TPSA) is 47.8 Å². The summed E-state index contributed by atoms with van der Waals surface area (Å²) in [7, 11) is 0. The lowest BCUT2D eigenvalue weighted by atomic mass is 9.88. The van der Waals surface area contributed by atoms with E-state index in [4.69, 9.17) is 23.2 Å². The Labute approximate surface area is 152 Å². The normalized spacial score (nSPS) is 18.2. The minimum Gasteiger partial charge on any atom is -0.297 e. The van der Waals surface area contributed by atoms with Gasteiger partial charge < -0.3 is 0 Å². The second kappa shape index (κ2) is 6.85. The van der Waals surface area contributed by atoms with E-state index in [1.54, 1.807) is 17.1 Å². The lowest BCUT2D eigenvalue weighted by molar-refractivity contribution is -0.127. The van der Waals surface area contributed by atoms with Crippen molar-refractivity contribution in [2.24, 2.45) is 11.3 Å². The first-order valence-electron chi connectivity index (χ1n) is 8.21. The number of halogens is 2. The fraction of sp³-hybridized carbons (Fsp3) is 0.500. The number of rotatable bonds is 7. The molecule has 6 heteroatoms. The third-order valence-electron chi connectivity index (χ3n) is 4.86. The van der Waals surface area contributed by atoms with E-state index in [-0.39, 0.29) is 23.2 Å². The molecule has 1 saturated carbocycles. The zero-order valence-corrected chi connectivity index (χ0v) is 15.4. The highest BCUT2D eigenvalue weighted by Crippen LogP contribution is 2.49. The zero-order chi connectivity index (χ0) is 17.3. The Morgan fingerprint density at radius 2 is 2.12 bits per heavy atom. The molecule has 24 heavy (non-hydrogen) atoms. The van der Waals surface area contributed by atoms with E-state index in [1.165, 1.54) is 6.33 Å². The number of aromatic nitrogens is 3. The van der Waals surface area contributed by atoms with Crippen LogP contribution >= 0.6 is 23.2 Å². The van der Waals surface area contributed by atoms with Gasteiger partial charge >= 0.3 is 0 Å². The molecular formula is C18H21Cl2N3O. The Kier molecular flexibility index (Phi) is 4.97. The van der Waals surface area contributed by atoms with Crippen LogP contribution in [-0.2, 0) is 11.2 Å². The van der Waals surface area contributed by atoms with Crippen LogP contribution in [0.25, 0.3) is 0 Å². The Bertz CT molecular complexity index is 726. The van der Waals surface area contributed by atoms with Crippen molar-refractivity contribution in [3.8, 4) is 0 Å². The van der Waals surface area contributed by atoms with Crippen LogP contribution in [0.5, 0.6) is 0 Å². The standard InChI is InChI=1S/C18H21Cl2N3O/c1-12(7-13-3-4-14(19)9-15(13)20)8-16(23-11-21-10-22-23)17(24)18(2)5-6-18/h3-4,9-12,16H,5-8H2,1-2H3. The number of hydrogen-bond donors (Lipinski definition) is 0. The Hall–Kier alpha value is -1.39. The molecular weight excluding hydrogens is 345 g/mol. The van der Waals surface area contributed by atoms with Crippen LogP contribution in [0.4, 0.5) is 0 Å². The van der Waals surface area contributed by atoms with Crippen molar-refractivity contribution in [2.45, 2.75) is 45.6 Å². The summed E-state index contributed by atoms with van der Waals surface area (Å²) < 4.78 is 1.70. The molecule has 1 fully saturated rings. The van der Waals surface area contributed by atoms with Crippen molar-refractivity contribution in [3.63, 3.8) is 0 Å². The van der Waals surface area contributed by atoms with E-state index in [0.29, 0.717) is 10.0 Å². The number of carbonyl (C=O) groups excluding carboxylic acids is 1. The molecule has 0 radical (unpaired) electrons. The minimum absolute atomic E-state index is 0.186. The van der Waals surface area contributed by atoms with Gasteiger partial charge in [-0.05, 0) is 49.3 Å². The van der Waals surface area contributed by atoms with Gasteiger partial charge in [-0.15, -0.1) is 0 Å². The number of hydrogen-bond acceptors (Lipinski definition) is 3. The lowest BCUT2D eigenvalue weighted by Crippen LogP contribution is -2.28. The van der Waals surface area contributed by atoms with Gasteiger partial charge in [0, 0.05) is 15.5 Å². The predicted molar refractivity (Wildman–Crippen MR) is 95.4 cm³/mol. The maximum absolute atomic E-state index is 12.9. The monoisotopic (exact) mass is 365 g/mol. The van der Waals surface area contributed by atoms with Crippen molar-refractivity contribution in [1.29, 1.82) is 0 Å². The van der Waals surface area contributed by atoms with E-state index >= 15 is 0 Å². The molecule has 1 aromatic carbocycles. The van der Waals surface area contributed by atoms with Crippen molar-refractivity contribution < 1.29 is 4.79 Å². The molecule has 2 atom stereocenters. The van der Waals surface area contributed by atoms with Gasteiger partial charge in [0.15, 0.2) is 5.78 Å². The first-order chi connectivity index (χ1) is 11.4. The van der Waals surface area contributed by atoms with Crippen molar-refractivity contribution in [3.05, 3.63) is 46.5 Å². The predicted octanol–water partition coefficient (Wildman–Crippen LogP) is 4.76. The summed E-state index contributed by atoms with van der Waals surface area (Å²) in [5.41, 5.74) is 0.866. The van der Waals surface area contributed by atoms with E-state index in [0.717, 1.165) is 31.2 Å². The second-order valence-corrected chi connectivity index (χ2v) is 7.94. The Morgan fingerprint density at radius 3 is 2.71 bits per heavy atom. The summed E-state index contributed by atoms with van der Waals surface area (Å²) in [4.78, 5) is 16.9. The van der Waals surface area contributed by atoms with Crippen LogP contribution in [-0.4, -0.2) is 20.5 Å². The van der Waals surface area contributed by atoms with Crippen molar-refractivity contribution in [1.82, 2.24) is 14.8 Å². The highest BCUT2D eigenvalue weighted by atomic mass is 35.5. The van der Waals surface area contributed by atoms with Gasteiger partial charge in [-0.2, -0.15) is 5.10 Å². The SMILES string of the molecule is CC(Cc1ccc(Cl)cc1Cl)CC(C(=O)C1(C)CC1)n1cncn1. The zero-order valence-electron chi connectivity index (χ0n) is 13.9. The van der Waals surface area contributed by atoms with Gasteiger partial charge in [0.1, 0.15) is 18.7 Å². The van der Waals surface area contributed by atoms with E-state index in [9.17, 15) is 4.79 Å². The van der Waals surface area contributed by atoms with Gasteiger partial charge in [0.2, 0.25) is 0 Å². The van der Waals surface area contributed by atoms with Crippen LogP contribution in [0.1, 0.15) is 44.7 Å². The number of ketones is 1. The van der Waals surface area contributed by atoms with Crippen molar-refractivity contribution >= 4 is 29.0 Å². The first kappa shape index (κ1) is 17.4. The average molecular weight is 366 g/mol. The van der Waals surface area contributed by atoms with Crippen LogP contribution in [0.2, 0.25) is 10.0 Å². The highest BCUT2D eigenvalue weighted by molar-refractivity contribution is 6.35. The molecule has 1 aliphatic rings. The second-order valence-electron chi connectivity index (χ2n) is 7.10. The quantitative estimate of drug-likeness (QED) is 0.710. The van der Waals surface area contributed by atoms with Gasteiger partial charge in [0.25, 0.3) is 0 Å². The molecule has 2 unspecified atom stereocenters. The first-order valence-corrected chi connectivity index (χ1v) is 8.97. The summed E-state index contributed by atoms with van der Waals surface area (Å²) in [6.45, 7) is 4.18. The largest absolute Gasteiger partial charge is 0.297 e. The van der Waals surface area contributed by atoms with E-state index < -0.39 is 0 Å². The third-order valence-corrected chi connectivity index (χ3v) is 5.45. The number of benzene rings is 1. The molecule has 0 bridgehead atoms. The van der Waals surface area contributed by atoms with Gasteiger partial charge in [0.05, 0.1) is 0 Å². The molecule has 3 rings (SSSR count). The molecule has 0 N–H and O–H groups in total. The molecule has 0 spiro atoms. The average Bonchev–Trinajstić information content (AvgIpc) is 3.07. The van der Waals surface area contributed by atoms with Crippen LogP contribution in [0.15, 0.2) is 30.9 Å². The van der Waals surface area contributed by atoms with E-state index in [1.807, 2.05) is 19.1 Å². The van der Waals surface area contributed by atoms with Gasteiger partial charge in [-0.1, -0.05) is 43.1 Å². The Morgan fingerprint density at radius 1 is 1.38 bits per heavy atom. The maximum Gasteiger partial charge on any atom is 0.163 e. The fourth-order valence-corrected chi connectivity index (χ4v) is 3.56. The smallest absolute Gasteiger partial charge is 0.163 e.